The maximum Gasteiger partial charge on any atom is 0.295 e. The molecular formula is C29H33FN4O5. The van der Waals surface area contributed by atoms with Gasteiger partial charge >= 0.3 is 0 Å². The Hall–Kier alpha value is -3.79. The van der Waals surface area contributed by atoms with Crippen molar-refractivity contribution >= 4 is 28.6 Å². The highest BCUT2D eigenvalue weighted by atomic mass is 19.1. The fourth-order valence-corrected chi connectivity index (χ4v) is 5.56. The summed E-state index contributed by atoms with van der Waals surface area (Å²) < 4.78 is 25.7. The van der Waals surface area contributed by atoms with E-state index in [1.807, 2.05) is 12.1 Å². The predicted molar refractivity (Wildman–Crippen MR) is 142 cm³/mol. The van der Waals surface area contributed by atoms with Crippen LogP contribution < -0.4 is 4.74 Å². The van der Waals surface area contributed by atoms with E-state index in [-0.39, 0.29) is 35.5 Å². The van der Waals surface area contributed by atoms with E-state index >= 15 is 0 Å². The summed E-state index contributed by atoms with van der Waals surface area (Å²) in [5, 5.41) is 0.417. The number of methoxy groups -OCH3 is 2. The van der Waals surface area contributed by atoms with Crippen LogP contribution >= 0.6 is 0 Å². The van der Waals surface area contributed by atoms with Gasteiger partial charge in [0, 0.05) is 44.9 Å². The molecule has 3 aromatic rings. The number of halogens is 1. The second-order valence-corrected chi connectivity index (χ2v) is 10.2. The van der Waals surface area contributed by atoms with Crippen LogP contribution in [-0.2, 0) is 22.7 Å². The molecule has 0 saturated carbocycles. The molecule has 2 saturated heterocycles. The lowest BCUT2D eigenvalue weighted by atomic mass is 9.90. The Morgan fingerprint density at radius 3 is 2.31 bits per heavy atom. The minimum Gasteiger partial charge on any atom is -0.480 e. The molecule has 0 radical (unpaired) electrons. The largest absolute Gasteiger partial charge is 0.480 e. The lowest BCUT2D eigenvalue weighted by Crippen LogP contribution is -2.39. The van der Waals surface area contributed by atoms with Crippen molar-refractivity contribution in [1.82, 2.24) is 19.4 Å². The normalized spacial score (nSPS) is 16.2. The monoisotopic (exact) mass is 536 g/mol. The molecule has 2 aliphatic heterocycles. The van der Waals surface area contributed by atoms with Gasteiger partial charge in [0.1, 0.15) is 23.8 Å². The van der Waals surface area contributed by atoms with E-state index in [2.05, 4.69) is 4.98 Å². The predicted octanol–water partition coefficient (Wildman–Crippen LogP) is 3.69. The third kappa shape index (κ3) is 5.52. The summed E-state index contributed by atoms with van der Waals surface area (Å²) >= 11 is 0. The van der Waals surface area contributed by atoms with E-state index in [0.29, 0.717) is 43.1 Å². The van der Waals surface area contributed by atoms with Gasteiger partial charge in [-0.3, -0.25) is 14.4 Å². The number of hydrogen-bond acceptors (Lipinski definition) is 6. The molecule has 0 spiro atoms. The third-order valence-electron chi connectivity index (χ3n) is 7.68. The number of hydrogen-bond donors (Lipinski definition) is 0. The summed E-state index contributed by atoms with van der Waals surface area (Å²) in [4.78, 5) is 47.8. The standard InChI is InChI=1S/C29H33FN4O5/c1-38-18-34-17-24(25(35)29(37)32-11-3-4-12-32)22-16-23(27(39-2)31-26(22)34)28(36)33-13-9-20(10-14-33)15-19-5-7-21(30)8-6-19/h5-8,16-17,20H,3-4,9-15,18H2,1-2H3. The second-order valence-electron chi connectivity index (χ2n) is 10.2. The zero-order valence-corrected chi connectivity index (χ0v) is 22.3. The maximum absolute atomic E-state index is 13.7. The van der Waals surface area contributed by atoms with Gasteiger partial charge in [-0.1, -0.05) is 12.1 Å². The number of carbonyl (C=O) groups excluding carboxylic acids is 3. The molecule has 0 bridgehead atoms. The molecule has 2 aliphatic rings. The van der Waals surface area contributed by atoms with E-state index < -0.39 is 11.7 Å². The molecule has 206 valence electrons. The van der Waals surface area contributed by atoms with Crippen LogP contribution in [-0.4, -0.2) is 77.3 Å². The van der Waals surface area contributed by atoms with Crippen LogP contribution in [0.1, 0.15) is 52.0 Å². The Labute approximate surface area is 226 Å². The average Bonchev–Trinajstić information content (AvgIpc) is 3.62. The number of benzene rings is 1. The maximum atomic E-state index is 13.7. The van der Waals surface area contributed by atoms with Gasteiger partial charge in [-0.15, -0.1) is 0 Å². The van der Waals surface area contributed by atoms with E-state index in [4.69, 9.17) is 9.47 Å². The molecule has 9 nitrogen and oxygen atoms in total. The van der Waals surface area contributed by atoms with Crippen molar-refractivity contribution < 1.29 is 28.2 Å². The van der Waals surface area contributed by atoms with Gasteiger partial charge in [-0.05, 0) is 61.8 Å². The number of rotatable bonds is 8. The summed E-state index contributed by atoms with van der Waals surface area (Å²) in [7, 11) is 2.98. The molecule has 1 aromatic carbocycles. The molecule has 0 unspecified atom stereocenters. The fourth-order valence-electron chi connectivity index (χ4n) is 5.56. The Bertz CT molecular complexity index is 1370. The Morgan fingerprint density at radius 1 is 0.974 bits per heavy atom. The number of ether oxygens (including phenoxy) is 2. The Morgan fingerprint density at radius 2 is 1.67 bits per heavy atom. The van der Waals surface area contributed by atoms with Crippen LogP contribution in [0.15, 0.2) is 36.5 Å². The molecule has 39 heavy (non-hydrogen) atoms. The van der Waals surface area contributed by atoms with Gasteiger partial charge in [0.25, 0.3) is 17.6 Å². The van der Waals surface area contributed by atoms with Crippen molar-refractivity contribution in [3.8, 4) is 5.88 Å². The quantitative estimate of drug-likeness (QED) is 0.322. The van der Waals surface area contributed by atoms with Crippen molar-refractivity contribution in [2.24, 2.45) is 5.92 Å². The number of piperidine rings is 1. The summed E-state index contributed by atoms with van der Waals surface area (Å²) in [6.45, 7) is 2.38. The first kappa shape index (κ1) is 26.8. The van der Waals surface area contributed by atoms with Gasteiger partial charge in [0.05, 0.1) is 12.7 Å². The first-order chi connectivity index (χ1) is 18.9. The van der Waals surface area contributed by atoms with E-state index in [1.165, 1.54) is 26.4 Å². The van der Waals surface area contributed by atoms with Crippen LogP contribution in [0.2, 0.25) is 0 Å². The van der Waals surface area contributed by atoms with Gasteiger partial charge in [0.15, 0.2) is 0 Å². The number of amides is 2. The minimum absolute atomic E-state index is 0.118. The van der Waals surface area contributed by atoms with Gasteiger partial charge in [0.2, 0.25) is 5.88 Å². The van der Waals surface area contributed by atoms with Gasteiger partial charge in [-0.2, -0.15) is 4.98 Å². The average molecular weight is 537 g/mol. The summed E-state index contributed by atoms with van der Waals surface area (Å²) in [6, 6.07) is 8.18. The van der Waals surface area contributed by atoms with Crippen LogP contribution in [0, 0.1) is 11.7 Å². The molecule has 0 N–H and O–H groups in total. The lowest BCUT2D eigenvalue weighted by Gasteiger charge is -2.32. The number of likely N-dealkylation sites (tertiary alicyclic amines) is 2. The number of ketones is 1. The van der Waals surface area contributed by atoms with E-state index in [0.717, 1.165) is 37.7 Å². The minimum atomic E-state index is -0.622. The SMILES string of the molecule is COCn1cc(C(=O)C(=O)N2CCCC2)c2cc(C(=O)N3CCC(Cc4ccc(F)cc4)CC3)c(OC)nc21. The zero-order chi connectivity index (χ0) is 27.5. The van der Waals surface area contributed by atoms with Crippen LogP contribution in [0.3, 0.4) is 0 Å². The first-order valence-electron chi connectivity index (χ1n) is 13.3. The van der Waals surface area contributed by atoms with Gasteiger partial charge < -0.3 is 23.8 Å². The topological polar surface area (TPSA) is 94.0 Å². The molecule has 0 atom stereocenters. The molecule has 2 aromatic heterocycles. The highest BCUT2D eigenvalue weighted by molar-refractivity contribution is 6.45. The molecule has 0 aliphatic carbocycles. The second kappa shape index (κ2) is 11.5. The molecule has 5 rings (SSSR count). The molecule has 2 fully saturated rings. The van der Waals surface area contributed by atoms with Crippen LogP contribution in [0.4, 0.5) is 4.39 Å². The summed E-state index contributed by atoms with van der Waals surface area (Å²) in [6.07, 6.45) is 5.79. The van der Waals surface area contributed by atoms with Crippen molar-refractivity contribution in [2.75, 3.05) is 40.4 Å². The number of aromatic nitrogens is 2. The van der Waals surface area contributed by atoms with E-state index in [1.54, 1.807) is 26.6 Å². The van der Waals surface area contributed by atoms with Crippen LogP contribution in [0.25, 0.3) is 11.0 Å². The van der Waals surface area contributed by atoms with Crippen molar-refractivity contribution in [3.63, 3.8) is 0 Å². The Kier molecular flexibility index (Phi) is 7.92. The van der Waals surface area contributed by atoms with Gasteiger partial charge in [-0.25, -0.2) is 4.39 Å². The smallest absolute Gasteiger partial charge is 0.295 e. The zero-order valence-electron chi connectivity index (χ0n) is 22.3. The molecule has 10 heteroatoms. The highest BCUT2D eigenvalue weighted by Gasteiger charge is 2.31. The van der Waals surface area contributed by atoms with Crippen molar-refractivity contribution in [2.45, 2.75) is 38.8 Å². The van der Waals surface area contributed by atoms with Crippen molar-refractivity contribution in [3.05, 3.63) is 59.0 Å². The molecule has 2 amide bonds. The first-order valence-corrected chi connectivity index (χ1v) is 13.3. The van der Waals surface area contributed by atoms with Crippen molar-refractivity contribution in [1.29, 1.82) is 0 Å². The lowest BCUT2D eigenvalue weighted by molar-refractivity contribution is -0.125. The number of carbonyl (C=O) groups is 3. The Balaban J connectivity index is 1.39. The fraction of sp³-hybridized carbons (Fsp3) is 0.448. The van der Waals surface area contributed by atoms with Crippen LogP contribution in [0.5, 0.6) is 5.88 Å². The summed E-state index contributed by atoms with van der Waals surface area (Å²) in [5.41, 5.74) is 1.93. The highest BCUT2D eigenvalue weighted by Crippen LogP contribution is 2.30. The molecular weight excluding hydrogens is 503 g/mol. The van der Waals surface area contributed by atoms with E-state index in [9.17, 15) is 18.8 Å². The molecule has 4 heterocycles. The number of pyridine rings is 1. The summed E-state index contributed by atoms with van der Waals surface area (Å²) in [5.74, 6) is -1.10. The number of nitrogens with zero attached hydrogens (tertiary/aromatic N) is 4. The third-order valence-corrected chi connectivity index (χ3v) is 7.68. The number of Topliss-reactive ketones (excluding diaryl/α,β-unsaturated/α-hetero) is 1. The number of fused-ring (bicyclic) bond motifs is 1.